The summed E-state index contributed by atoms with van der Waals surface area (Å²) < 4.78 is 17.0. The van der Waals surface area contributed by atoms with E-state index in [0.717, 1.165) is 122 Å². The maximum atomic E-state index is 12.9. The number of unbranched alkanes of at least 4 members (excludes halogenated alkanes) is 34. The molecule has 82 heavy (non-hydrogen) atoms. The average Bonchev–Trinajstić information content (AvgIpc) is 3.48. The normalized spacial score (nSPS) is 12.8. The number of hydrogen-bond donors (Lipinski definition) is 0. The fraction of sp³-hybridized carbons (Fsp3) is 0.724. The van der Waals surface area contributed by atoms with Crippen LogP contribution in [0.5, 0.6) is 0 Å². The molecule has 0 saturated heterocycles. The van der Waals surface area contributed by atoms with Crippen molar-refractivity contribution in [2.24, 2.45) is 0 Å². The van der Waals surface area contributed by atoms with Gasteiger partial charge >= 0.3 is 17.9 Å². The Morgan fingerprint density at radius 2 is 0.476 bits per heavy atom. The molecule has 0 aromatic rings. The number of hydrogen-bond acceptors (Lipinski definition) is 6. The minimum Gasteiger partial charge on any atom is -0.462 e. The second-order valence-electron chi connectivity index (χ2n) is 23.1. The second kappa shape index (κ2) is 69.6. The van der Waals surface area contributed by atoms with Crippen molar-refractivity contribution in [2.75, 3.05) is 13.2 Å². The zero-order valence-electron chi connectivity index (χ0n) is 54.0. The highest BCUT2D eigenvalue weighted by Gasteiger charge is 2.19. The Morgan fingerprint density at radius 3 is 0.744 bits per heavy atom. The predicted octanol–water partition coefficient (Wildman–Crippen LogP) is 24.2. The van der Waals surface area contributed by atoms with E-state index in [1.807, 2.05) is 0 Å². The van der Waals surface area contributed by atoms with Crippen LogP contribution in [0.2, 0.25) is 0 Å². The van der Waals surface area contributed by atoms with Crippen LogP contribution in [0.25, 0.3) is 0 Å². The number of rotatable bonds is 63. The predicted molar refractivity (Wildman–Crippen MR) is 357 cm³/mol. The fourth-order valence-corrected chi connectivity index (χ4v) is 9.85. The summed E-state index contributed by atoms with van der Waals surface area (Å²) >= 11 is 0. The molecule has 0 N–H and O–H groups in total. The van der Waals surface area contributed by atoms with Crippen LogP contribution in [0, 0.1) is 0 Å². The summed E-state index contributed by atoms with van der Waals surface area (Å²) in [6.45, 7) is 6.55. The molecule has 0 aromatic heterocycles. The van der Waals surface area contributed by atoms with E-state index < -0.39 is 6.10 Å². The van der Waals surface area contributed by atoms with Gasteiger partial charge in [-0.3, -0.25) is 14.4 Å². The van der Waals surface area contributed by atoms with Crippen molar-refractivity contribution in [1.29, 1.82) is 0 Å². The van der Waals surface area contributed by atoms with Crippen LogP contribution in [-0.2, 0) is 28.6 Å². The van der Waals surface area contributed by atoms with Gasteiger partial charge in [0.1, 0.15) is 13.2 Å². The standard InChI is InChI=1S/C76H130O6/c1-4-7-10-13-16-19-22-25-28-31-32-33-34-35-36-37-38-39-40-41-42-43-44-46-48-51-54-57-60-63-66-69-75(78)81-72-73(71-80-74(77)68-65-62-59-56-53-50-47-30-27-24-21-18-15-12-9-6-3)82-76(79)70-67-64-61-58-55-52-49-45-29-26-23-20-17-14-11-8-5-2/h7,10,16,19,25,28,32-33,35-36,38-39,41-42,44,46,51,54,73H,4-6,8-9,11-15,17-18,20-24,26-27,29-31,34,37,40,43,45,47-50,52-53,55-72H2,1-3H3/b10-7-,19-16-,28-25-,33-32-,36-35-,39-38-,42-41-,46-44-,54-51-. The molecule has 470 valence electrons. The summed E-state index contributed by atoms with van der Waals surface area (Å²) in [6, 6.07) is 0. The number of esters is 3. The molecule has 0 amide bonds. The Labute approximate surface area is 508 Å². The van der Waals surface area contributed by atoms with Crippen molar-refractivity contribution < 1.29 is 28.6 Å². The fourth-order valence-electron chi connectivity index (χ4n) is 9.85. The smallest absolute Gasteiger partial charge is 0.306 e. The molecule has 0 spiro atoms. The van der Waals surface area contributed by atoms with E-state index in [2.05, 4.69) is 130 Å². The van der Waals surface area contributed by atoms with E-state index in [0.29, 0.717) is 19.3 Å². The average molecular weight is 1140 g/mol. The lowest BCUT2D eigenvalue weighted by Gasteiger charge is -2.18. The van der Waals surface area contributed by atoms with Crippen LogP contribution < -0.4 is 0 Å². The Balaban J connectivity index is 4.38. The lowest BCUT2D eigenvalue weighted by atomic mass is 10.0. The van der Waals surface area contributed by atoms with Crippen LogP contribution in [-0.4, -0.2) is 37.2 Å². The molecule has 0 fully saturated rings. The summed E-state index contributed by atoms with van der Waals surface area (Å²) in [5.74, 6) is -0.902. The molecular weight excluding hydrogens is 1010 g/mol. The summed E-state index contributed by atoms with van der Waals surface area (Å²) in [6.07, 6.45) is 95.3. The topological polar surface area (TPSA) is 78.9 Å². The SMILES string of the molecule is CC/C=C\C/C=C\C/C=C\C/C=C\C/C=C\C/C=C\C/C=C\C/C=C\C/C=C\CCCCCC(=O)OCC(COC(=O)CCCCCCCCCCCCCCCCCC)OC(=O)CCCCCCCCCCCCCCCCCCC. The van der Waals surface area contributed by atoms with Gasteiger partial charge in [0.2, 0.25) is 0 Å². The highest BCUT2D eigenvalue weighted by Crippen LogP contribution is 2.17. The van der Waals surface area contributed by atoms with Gasteiger partial charge in [-0.15, -0.1) is 0 Å². The van der Waals surface area contributed by atoms with Gasteiger partial charge in [-0.2, -0.15) is 0 Å². The van der Waals surface area contributed by atoms with Crippen molar-refractivity contribution in [2.45, 2.75) is 341 Å². The first-order chi connectivity index (χ1) is 40.5. The van der Waals surface area contributed by atoms with E-state index in [1.165, 1.54) is 173 Å². The monoisotopic (exact) mass is 1140 g/mol. The van der Waals surface area contributed by atoms with Crippen molar-refractivity contribution in [3.05, 3.63) is 109 Å². The van der Waals surface area contributed by atoms with E-state index in [1.54, 1.807) is 0 Å². The molecule has 6 heteroatoms. The number of carbonyl (C=O) groups is 3. The van der Waals surface area contributed by atoms with Gasteiger partial charge < -0.3 is 14.2 Å². The highest BCUT2D eigenvalue weighted by atomic mass is 16.6. The summed E-state index contributed by atoms with van der Waals surface area (Å²) in [5, 5.41) is 0. The molecule has 0 saturated carbocycles. The molecule has 0 bridgehead atoms. The molecule has 0 rings (SSSR count). The van der Waals surface area contributed by atoms with Crippen molar-refractivity contribution >= 4 is 17.9 Å². The van der Waals surface area contributed by atoms with E-state index in [4.69, 9.17) is 14.2 Å². The van der Waals surface area contributed by atoms with Gasteiger partial charge in [-0.25, -0.2) is 0 Å². The van der Waals surface area contributed by atoms with Gasteiger partial charge in [0.05, 0.1) is 0 Å². The maximum absolute atomic E-state index is 12.9. The quantitative estimate of drug-likeness (QED) is 0.0261. The van der Waals surface area contributed by atoms with Gasteiger partial charge in [0.25, 0.3) is 0 Å². The minimum atomic E-state index is -0.791. The minimum absolute atomic E-state index is 0.0843. The zero-order chi connectivity index (χ0) is 59.2. The van der Waals surface area contributed by atoms with Gasteiger partial charge in [-0.1, -0.05) is 336 Å². The molecule has 6 nitrogen and oxygen atoms in total. The van der Waals surface area contributed by atoms with Crippen LogP contribution in [0.15, 0.2) is 109 Å². The summed E-state index contributed by atoms with van der Waals surface area (Å²) in [4.78, 5) is 38.4. The lowest BCUT2D eigenvalue weighted by Crippen LogP contribution is -2.30. The first-order valence-corrected chi connectivity index (χ1v) is 34.9. The van der Waals surface area contributed by atoms with Crippen LogP contribution in [0.4, 0.5) is 0 Å². The third kappa shape index (κ3) is 66.9. The van der Waals surface area contributed by atoms with Gasteiger partial charge in [-0.05, 0) is 89.9 Å². The molecule has 0 radical (unpaired) electrons. The van der Waals surface area contributed by atoms with Gasteiger partial charge in [0.15, 0.2) is 6.10 Å². The molecule has 0 aliphatic rings. The number of ether oxygens (including phenoxy) is 3. The molecule has 0 aromatic carbocycles. The summed E-state index contributed by atoms with van der Waals surface area (Å²) in [5.41, 5.74) is 0. The number of allylic oxidation sites excluding steroid dienone is 18. The lowest BCUT2D eigenvalue weighted by molar-refractivity contribution is -0.167. The van der Waals surface area contributed by atoms with Crippen LogP contribution in [0.1, 0.15) is 335 Å². The van der Waals surface area contributed by atoms with E-state index in [-0.39, 0.29) is 31.1 Å². The van der Waals surface area contributed by atoms with Crippen LogP contribution in [0.3, 0.4) is 0 Å². The molecular formula is C76H130O6. The first-order valence-electron chi connectivity index (χ1n) is 34.9. The molecule has 1 unspecified atom stereocenters. The highest BCUT2D eigenvalue weighted by molar-refractivity contribution is 5.71. The Kier molecular flexibility index (Phi) is 66.2. The second-order valence-corrected chi connectivity index (χ2v) is 23.1. The number of carbonyl (C=O) groups excluding carboxylic acids is 3. The first kappa shape index (κ1) is 78.1. The van der Waals surface area contributed by atoms with Crippen molar-refractivity contribution in [1.82, 2.24) is 0 Å². The Bertz CT molecular complexity index is 1640. The molecule has 0 heterocycles. The zero-order valence-corrected chi connectivity index (χ0v) is 54.0. The molecule has 0 aliphatic heterocycles. The Morgan fingerprint density at radius 1 is 0.256 bits per heavy atom. The molecule has 0 aliphatic carbocycles. The maximum Gasteiger partial charge on any atom is 0.306 e. The Hall–Kier alpha value is -3.93. The van der Waals surface area contributed by atoms with Crippen LogP contribution >= 0.6 is 0 Å². The van der Waals surface area contributed by atoms with E-state index in [9.17, 15) is 14.4 Å². The summed E-state index contributed by atoms with van der Waals surface area (Å²) in [7, 11) is 0. The van der Waals surface area contributed by atoms with Gasteiger partial charge in [0, 0.05) is 19.3 Å². The molecule has 1 atom stereocenters. The van der Waals surface area contributed by atoms with Crippen molar-refractivity contribution in [3.63, 3.8) is 0 Å². The van der Waals surface area contributed by atoms with E-state index >= 15 is 0 Å². The third-order valence-electron chi connectivity index (χ3n) is 15.0. The van der Waals surface area contributed by atoms with Crippen molar-refractivity contribution in [3.8, 4) is 0 Å². The third-order valence-corrected chi connectivity index (χ3v) is 15.0. The largest absolute Gasteiger partial charge is 0.462 e.